The number of phenols is 1. The molecule has 0 bridgehead atoms. The molecule has 2 aromatic rings. The molecule has 0 aromatic heterocycles. The van der Waals surface area contributed by atoms with E-state index in [1.807, 2.05) is 24.3 Å². The molecule has 0 fully saturated rings. The topological polar surface area (TPSA) is 118 Å². The fourth-order valence-corrected chi connectivity index (χ4v) is 3.83. The first-order chi connectivity index (χ1) is 15.9. The molecule has 2 rings (SSSR count). The molecule has 186 valence electrons. The lowest BCUT2D eigenvalue weighted by atomic mass is 9.86. The van der Waals surface area contributed by atoms with Crippen molar-refractivity contribution in [3.8, 4) is 5.75 Å². The highest BCUT2D eigenvalue weighted by molar-refractivity contribution is 5.89. The molecule has 0 heterocycles. The highest BCUT2D eigenvalue weighted by Gasteiger charge is 2.22. The molecule has 0 spiro atoms. The number of hydrogen-bond acceptors (Lipinski definition) is 5. The Kier molecular flexibility index (Phi) is 12.0. The minimum Gasteiger partial charge on any atom is -0.508 e. The average molecular weight is 472 g/mol. The third kappa shape index (κ3) is 9.77. The van der Waals surface area contributed by atoms with Crippen molar-refractivity contribution in [1.29, 1.82) is 0 Å². The van der Waals surface area contributed by atoms with Gasteiger partial charge in [-0.05, 0) is 70.8 Å². The standard InChI is InChI=1S/C23H33NO2.C4H4O4/c1-16(2)24(17(3)4)14-13-21(19-9-7-6-8-10-19)22-15-20(18(5)25)11-12-23(22)26;5-3(6)1-2-4(7)8/h6-12,15-18,21,25-26H,13-14H2,1-5H3;1-2H,(H,5,6)(H,7,8)/t18?,21-;/m1./s1. The van der Waals surface area contributed by atoms with E-state index >= 15 is 0 Å². The van der Waals surface area contributed by atoms with Gasteiger partial charge in [0, 0.05) is 35.7 Å². The summed E-state index contributed by atoms with van der Waals surface area (Å²) in [6.45, 7) is 11.6. The molecule has 4 N–H and O–H groups in total. The minimum absolute atomic E-state index is 0.0925. The van der Waals surface area contributed by atoms with Gasteiger partial charge in [0.2, 0.25) is 0 Å². The Labute approximate surface area is 202 Å². The van der Waals surface area contributed by atoms with E-state index < -0.39 is 18.0 Å². The Morgan fingerprint density at radius 1 is 0.853 bits per heavy atom. The van der Waals surface area contributed by atoms with Gasteiger partial charge in [0.05, 0.1) is 6.10 Å². The fraction of sp³-hybridized carbons (Fsp3) is 0.407. The molecule has 7 heteroatoms. The fourth-order valence-electron chi connectivity index (χ4n) is 3.83. The summed E-state index contributed by atoms with van der Waals surface area (Å²) >= 11 is 0. The van der Waals surface area contributed by atoms with Gasteiger partial charge in [-0.25, -0.2) is 9.59 Å². The first kappa shape index (κ1) is 28.9. The predicted molar refractivity (Wildman–Crippen MR) is 133 cm³/mol. The van der Waals surface area contributed by atoms with Gasteiger partial charge in [0.25, 0.3) is 0 Å². The zero-order chi connectivity index (χ0) is 25.8. The van der Waals surface area contributed by atoms with Gasteiger partial charge in [0.1, 0.15) is 5.75 Å². The van der Waals surface area contributed by atoms with Crippen molar-refractivity contribution in [2.24, 2.45) is 0 Å². The molecule has 0 aliphatic carbocycles. The number of aliphatic hydroxyl groups is 1. The number of rotatable bonds is 10. The molecule has 0 saturated heterocycles. The van der Waals surface area contributed by atoms with Crippen LogP contribution in [0.15, 0.2) is 60.7 Å². The van der Waals surface area contributed by atoms with Gasteiger partial charge < -0.3 is 20.4 Å². The summed E-state index contributed by atoms with van der Waals surface area (Å²) in [5.41, 5.74) is 2.92. The van der Waals surface area contributed by atoms with E-state index in [-0.39, 0.29) is 5.92 Å². The van der Waals surface area contributed by atoms with Gasteiger partial charge in [-0.15, -0.1) is 0 Å². The molecular weight excluding hydrogens is 434 g/mol. The van der Waals surface area contributed by atoms with Gasteiger partial charge >= 0.3 is 11.9 Å². The lowest BCUT2D eigenvalue weighted by molar-refractivity contribution is -0.134. The van der Waals surface area contributed by atoms with E-state index in [0.717, 1.165) is 24.1 Å². The minimum atomic E-state index is -1.26. The second-order valence-corrected chi connectivity index (χ2v) is 8.68. The van der Waals surface area contributed by atoms with Crippen molar-refractivity contribution < 1.29 is 30.0 Å². The van der Waals surface area contributed by atoms with Crippen LogP contribution in [0.5, 0.6) is 5.75 Å². The summed E-state index contributed by atoms with van der Waals surface area (Å²) in [6.07, 6.45) is 1.48. The van der Waals surface area contributed by atoms with Crippen LogP contribution < -0.4 is 0 Å². The zero-order valence-electron chi connectivity index (χ0n) is 20.5. The number of aromatic hydroxyl groups is 1. The van der Waals surface area contributed by atoms with Crippen LogP contribution >= 0.6 is 0 Å². The largest absolute Gasteiger partial charge is 0.508 e. The number of hydrogen-bond donors (Lipinski definition) is 4. The second-order valence-electron chi connectivity index (χ2n) is 8.68. The van der Waals surface area contributed by atoms with Crippen LogP contribution in [0.25, 0.3) is 0 Å². The number of carboxylic acid groups (broad SMARTS) is 2. The maximum Gasteiger partial charge on any atom is 0.328 e. The first-order valence-electron chi connectivity index (χ1n) is 11.4. The van der Waals surface area contributed by atoms with Crippen LogP contribution in [-0.4, -0.2) is 55.9 Å². The number of aliphatic hydroxyl groups excluding tert-OH is 1. The monoisotopic (exact) mass is 471 g/mol. The SMILES string of the molecule is CC(O)c1ccc(O)c([C@H](CCN(C(C)C)C(C)C)c2ccccc2)c1.O=C(O)C=CC(=O)O. The predicted octanol–water partition coefficient (Wildman–Crippen LogP) is 4.80. The van der Waals surface area contributed by atoms with Crippen LogP contribution in [0.1, 0.15) is 69.8 Å². The summed E-state index contributed by atoms with van der Waals surface area (Å²) in [5.74, 6) is -2.13. The van der Waals surface area contributed by atoms with Crippen LogP contribution in [0.2, 0.25) is 0 Å². The van der Waals surface area contributed by atoms with Crippen molar-refractivity contribution in [3.05, 3.63) is 77.4 Å². The van der Waals surface area contributed by atoms with Crippen LogP contribution in [0.4, 0.5) is 0 Å². The Balaban J connectivity index is 0.000000620. The van der Waals surface area contributed by atoms with E-state index in [9.17, 15) is 19.8 Å². The van der Waals surface area contributed by atoms with Gasteiger partial charge in [-0.2, -0.15) is 0 Å². The smallest absolute Gasteiger partial charge is 0.328 e. The lowest BCUT2D eigenvalue weighted by Gasteiger charge is -2.32. The highest BCUT2D eigenvalue weighted by atomic mass is 16.4. The number of nitrogens with zero attached hydrogens (tertiary/aromatic N) is 1. The number of carboxylic acids is 2. The Bertz CT molecular complexity index is 913. The Morgan fingerprint density at radius 3 is 1.82 bits per heavy atom. The van der Waals surface area contributed by atoms with Crippen molar-refractivity contribution in [3.63, 3.8) is 0 Å². The first-order valence-corrected chi connectivity index (χ1v) is 11.4. The summed E-state index contributed by atoms with van der Waals surface area (Å²) < 4.78 is 0. The highest BCUT2D eigenvalue weighted by Crippen LogP contribution is 2.36. The summed E-state index contributed by atoms with van der Waals surface area (Å²) in [5, 5.41) is 36.1. The molecule has 0 amide bonds. The second kappa shape index (κ2) is 14.2. The Hall–Kier alpha value is -3.16. The van der Waals surface area contributed by atoms with Crippen LogP contribution in [0.3, 0.4) is 0 Å². The zero-order valence-corrected chi connectivity index (χ0v) is 20.5. The Morgan fingerprint density at radius 2 is 1.38 bits per heavy atom. The van der Waals surface area contributed by atoms with E-state index in [4.69, 9.17) is 10.2 Å². The molecule has 1 unspecified atom stereocenters. The van der Waals surface area contributed by atoms with Crippen molar-refractivity contribution >= 4 is 11.9 Å². The molecular formula is C27H37NO6. The molecule has 0 aliphatic heterocycles. The maximum atomic E-state index is 10.5. The van der Waals surface area contributed by atoms with E-state index in [1.165, 1.54) is 5.56 Å². The molecule has 0 saturated carbocycles. The molecule has 0 aliphatic rings. The third-order valence-electron chi connectivity index (χ3n) is 5.48. The number of phenolic OH excluding ortho intramolecular Hbond substituents is 1. The summed E-state index contributed by atoms with van der Waals surface area (Å²) in [6, 6.07) is 16.7. The molecule has 2 atom stereocenters. The van der Waals surface area contributed by atoms with Crippen LogP contribution in [0, 0.1) is 0 Å². The number of benzene rings is 2. The number of carbonyl (C=O) groups is 2. The van der Waals surface area contributed by atoms with Crippen LogP contribution in [-0.2, 0) is 9.59 Å². The normalized spacial score (nSPS) is 13.1. The van der Waals surface area contributed by atoms with Gasteiger partial charge in [0.15, 0.2) is 0 Å². The van der Waals surface area contributed by atoms with Gasteiger partial charge in [-0.3, -0.25) is 4.90 Å². The van der Waals surface area contributed by atoms with E-state index in [0.29, 0.717) is 30.0 Å². The van der Waals surface area contributed by atoms with Gasteiger partial charge in [-0.1, -0.05) is 36.4 Å². The van der Waals surface area contributed by atoms with Crippen molar-refractivity contribution in [2.45, 2.75) is 65.1 Å². The molecule has 0 radical (unpaired) electrons. The average Bonchev–Trinajstić information content (AvgIpc) is 2.76. The molecule has 7 nitrogen and oxygen atoms in total. The third-order valence-corrected chi connectivity index (χ3v) is 5.48. The summed E-state index contributed by atoms with van der Waals surface area (Å²) in [4.78, 5) is 21.6. The lowest BCUT2D eigenvalue weighted by Crippen LogP contribution is -2.38. The van der Waals surface area contributed by atoms with Crippen molar-refractivity contribution in [1.82, 2.24) is 4.90 Å². The maximum absolute atomic E-state index is 10.5. The molecule has 34 heavy (non-hydrogen) atoms. The van der Waals surface area contributed by atoms with E-state index in [2.05, 4.69) is 44.7 Å². The quantitative estimate of drug-likeness (QED) is 0.368. The molecule has 2 aromatic carbocycles. The number of aliphatic carboxylic acids is 2. The van der Waals surface area contributed by atoms with E-state index in [1.54, 1.807) is 19.1 Å². The van der Waals surface area contributed by atoms with Crippen molar-refractivity contribution in [2.75, 3.05) is 6.54 Å². The summed E-state index contributed by atoms with van der Waals surface area (Å²) in [7, 11) is 0.